The van der Waals surface area contributed by atoms with Crippen LogP contribution in [0.1, 0.15) is 87.1 Å². The number of aliphatic hydroxyl groups is 1. The van der Waals surface area contributed by atoms with E-state index in [1.165, 1.54) is 19.3 Å². The van der Waals surface area contributed by atoms with Gasteiger partial charge in [0, 0.05) is 38.8 Å². The minimum absolute atomic E-state index is 0. The van der Waals surface area contributed by atoms with E-state index in [4.69, 9.17) is 4.74 Å². The van der Waals surface area contributed by atoms with Gasteiger partial charge >= 0.3 is 0 Å². The van der Waals surface area contributed by atoms with Gasteiger partial charge < -0.3 is 25.4 Å². The van der Waals surface area contributed by atoms with Crippen LogP contribution in [0.2, 0.25) is 0 Å². The zero-order valence-electron chi connectivity index (χ0n) is 26.6. The maximum absolute atomic E-state index is 13.8. The lowest BCUT2D eigenvalue weighted by Crippen LogP contribution is -2.74. The third-order valence-corrected chi connectivity index (χ3v) is 9.77. The molecule has 1 aliphatic carbocycles. The zero-order chi connectivity index (χ0) is 31.1. The highest BCUT2D eigenvalue weighted by molar-refractivity contribution is 6.00. The highest BCUT2D eigenvalue weighted by Gasteiger charge is 2.54. The van der Waals surface area contributed by atoms with E-state index in [1.807, 2.05) is 29.2 Å². The molecule has 2 aromatic carbocycles. The van der Waals surface area contributed by atoms with E-state index in [9.17, 15) is 19.5 Å². The third kappa shape index (κ3) is 8.18. The number of hydrogen-bond donors (Lipinski definition) is 3. The Kier molecular flexibility index (Phi) is 12.3. The standard InChI is InChI=1S/C35H48N4O5.ClH/c1-3-4-20-39-33(42)31(30(40)23-25-8-6-5-7-9-25)37-34(43)35(39)18-21-38(22-19-35)24-26-10-14-28(15-11-26)44-29-16-12-27(13-17-29)32(41)36-2;/h10-17,25,30-31,40H,3-9,18-24H2,1-2H3,(H,36,41)(H,37,43);1H/t30-,31-;/m1./s1. The molecule has 0 unspecified atom stereocenters. The first-order valence-corrected chi connectivity index (χ1v) is 16.4. The Labute approximate surface area is 273 Å². The number of hydrogen-bond acceptors (Lipinski definition) is 6. The van der Waals surface area contributed by atoms with E-state index >= 15 is 0 Å². The number of nitrogens with one attached hydrogen (secondary N) is 2. The van der Waals surface area contributed by atoms with Gasteiger partial charge in [-0.05, 0) is 73.6 Å². The fourth-order valence-corrected chi connectivity index (χ4v) is 7.09. The van der Waals surface area contributed by atoms with Crippen LogP contribution in [0.3, 0.4) is 0 Å². The number of amides is 3. The van der Waals surface area contributed by atoms with Gasteiger partial charge in [-0.25, -0.2) is 0 Å². The number of unbranched alkanes of at least 4 members (excludes halogenated alkanes) is 1. The Morgan fingerprint density at radius 2 is 1.64 bits per heavy atom. The minimum atomic E-state index is -0.852. The number of piperazine rings is 1. The molecule has 3 aliphatic rings. The summed E-state index contributed by atoms with van der Waals surface area (Å²) in [5, 5.41) is 16.7. The molecule has 2 heterocycles. The first-order chi connectivity index (χ1) is 21.3. The first kappa shape index (κ1) is 34.7. The minimum Gasteiger partial charge on any atom is -0.457 e. The van der Waals surface area contributed by atoms with E-state index in [0.717, 1.165) is 37.8 Å². The maximum atomic E-state index is 13.8. The van der Waals surface area contributed by atoms with Crippen LogP contribution in [0.4, 0.5) is 0 Å². The number of nitrogens with zero attached hydrogens (tertiary/aromatic N) is 2. The molecule has 2 aliphatic heterocycles. The Balaban J connectivity index is 0.00000461. The van der Waals surface area contributed by atoms with Gasteiger partial charge in [0.2, 0.25) is 11.8 Å². The molecule has 0 aromatic heterocycles. The molecular formula is C35H49ClN4O5. The van der Waals surface area contributed by atoms with Crippen LogP contribution in [0, 0.1) is 5.92 Å². The zero-order valence-corrected chi connectivity index (χ0v) is 27.4. The molecule has 0 bridgehead atoms. The van der Waals surface area contributed by atoms with Crippen molar-refractivity contribution in [3.05, 3.63) is 59.7 Å². The van der Waals surface area contributed by atoms with Crippen molar-refractivity contribution in [1.29, 1.82) is 0 Å². The number of halogens is 1. The predicted molar refractivity (Wildman–Crippen MR) is 177 cm³/mol. The van der Waals surface area contributed by atoms with Crippen molar-refractivity contribution in [3.63, 3.8) is 0 Å². The molecule has 246 valence electrons. The molecule has 3 fully saturated rings. The van der Waals surface area contributed by atoms with E-state index in [1.54, 1.807) is 31.3 Å². The summed E-state index contributed by atoms with van der Waals surface area (Å²) in [6, 6.07) is 14.1. The average Bonchev–Trinajstić information content (AvgIpc) is 3.05. The number of carbonyl (C=O) groups is 3. The van der Waals surface area contributed by atoms with Crippen molar-refractivity contribution in [2.75, 3.05) is 26.7 Å². The van der Waals surface area contributed by atoms with Crippen LogP contribution in [0.15, 0.2) is 48.5 Å². The second-order valence-electron chi connectivity index (χ2n) is 12.8. The SMILES string of the molecule is CCCCN1C(=O)[C@@H]([C@H](O)CC2CCCCC2)NC(=O)C12CCN(Cc1ccc(Oc3ccc(C(=O)NC)cc3)cc1)CC2.Cl. The predicted octanol–water partition coefficient (Wildman–Crippen LogP) is 5.05. The molecule has 2 saturated heterocycles. The van der Waals surface area contributed by atoms with Crippen LogP contribution in [0.5, 0.6) is 11.5 Å². The van der Waals surface area contributed by atoms with Gasteiger partial charge in [0.05, 0.1) is 6.10 Å². The molecule has 5 rings (SSSR count). The summed E-state index contributed by atoms with van der Waals surface area (Å²) < 4.78 is 5.96. The summed E-state index contributed by atoms with van der Waals surface area (Å²) in [4.78, 5) is 43.5. The van der Waals surface area contributed by atoms with Crippen molar-refractivity contribution in [2.24, 2.45) is 5.92 Å². The molecule has 10 heteroatoms. The second kappa shape index (κ2) is 15.9. The van der Waals surface area contributed by atoms with Crippen LogP contribution in [-0.2, 0) is 16.1 Å². The fourth-order valence-electron chi connectivity index (χ4n) is 7.09. The van der Waals surface area contributed by atoms with Gasteiger partial charge in [-0.2, -0.15) is 0 Å². The van der Waals surface area contributed by atoms with Gasteiger partial charge in [0.15, 0.2) is 0 Å². The van der Waals surface area contributed by atoms with Crippen molar-refractivity contribution >= 4 is 30.1 Å². The molecule has 2 aromatic rings. The van der Waals surface area contributed by atoms with Crippen LogP contribution in [-0.4, -0.2) is 77.0 Å². The van der Waals surface area contributed by atoms with E-state index in [-0.39, 0.29) is 30.1 Å². The van der Waals surface area contributed by atoms with Crippen molar-refractivity contribution in [3.8, 4) is 11.5 Å². The van der Waals surface area contributed by atoms with E-state index in [0.29, 0.717) is 61.9 Å². The summed E-state index contributed by atoms with van der Waals surface area (Å²) in [6.07, 6.45) is 8.44. The normalized spacial score (nSPS) is 21.1. The van der Waals surface area contributed by atoms with Crippen LogP contribution >= 0.6 is 12.4 Å². The Bertz CT molecular complexity index is 1270. The van der Waals surface area contributed by atoms with Gasteiger partial charge in [-0.3, -0.25) is 19.3 Å². The second-order valence-corrected chi connectivity index (χ2v) is 12.8. The van der Waals surface area contributed by atoms with E-state index in [2.05, 4.69) is 22.5 Å². The molecule has 2 atom stereocenters. The molecule has 1 spiro atoms. The Morgan fingerprint density at radius 3 is 2.24 bits per heavy atom. The molecule has 3 amide bonds. The molecule has 1 saturated carbocycles. The number of ether oxygens (including phenoxy) is 1. The van der Waals surface area contributed by atoms with Gasteiger partial charge in [0.1, 0.15) is 23.1 Å². The fraction of sp³-hybridized carbons (Fsp3) is 0.571. The quantitative estimate of drug-likeness (QED) is 0.317. The van der Waals surface area contributed by atoms with Crippen molar-refractivity contribution < 1.29 is 24.2 Å². The molecule has 0 radical (unpaired) electrons. The summed E-state index contributed by atoms with van der Waals surface area (Å²) in [5.74, 6) is 1.43. The molecule has 9 nitrogen and oxygen atoms in total. The summed E-state index contributed by atoms with van der Waals surface area (Å²) in [6.45, 7) is 4.79. The number of rotatable bonds is 11. The molecule has 3 N–H and O–H groups in total. The highest BCUT2D eigenvalue weighted by Crippen LogP contribution is 2.36. The van der Waals surface area contributed by atoms with Crippen LogP contribution in [0.25, 0.3) is 0 Å². The smallest absolute Gasteiger partial charge is 0.251 e. The monoisotopic (exact) mass is 640 g/mol. The average molecular weight is 641 g/mol. The largest absolute Gasteiger partial charge is 0.457 e. The van der Waals surface area contributed by atoms with Crippen molar-refractivity contribution in [2.45, 2.75) is 95.4 Å². The lowest BCUT2D eigenvalue weighted by atomic mass is 9.79. The van der Waals surface area contributed by atoms with Gasteiger partial charge in [0.25, 0.3) is 5.91 Å². The summed E-state index contributed by atoms with van der Waals surface area (Å²) in [7, 11) is 1.60. The summed E-state index contributed by atoms with van der Waals surface area (Å²) >= 11 is 0. The van der Waals surface area contributed by atoms with Crippen LogP contribution < -0.4 is 15.4 Å². The topological polar surface area (TPSA) is 111 Å². The van der Waals surface area contributed by atoms with E-state index < -0.39 is 17.7 Å². The number of benzene rings is 2. The van der Waals surface area contributed by atoms with Gasteiger partial charge in [-0.1, -0.05) is 57.6 Å². The molecule has 45 heavy (non-hydrogen) atoms. The Hall–Kier alpha value is -3.14. The lowest BCUT2D eigenvalue weighted by Gasteiger charge is -2.52. The first-order valence-electron chi connectivity index (χ1n) is 16.4. The highest BCUT2D eigenvalue weighted by atomic mass is 35.5. The lowest BCUT2D eigenvalue weighted by molar-refractivity contribution is -0.165. The number of piperidine rings is 1. The number of carbonyl (C=O) groups excluding carboxylic acids is 3. The summed E-state index contributed by atoms with van der Waals surface area (Å²) in [5.41, 5.74) is 0.866. The number of aliphatic hydroxyl groups excluding tert-OH is 1. The third-order valence-electron chi connectivity index (χ3n) is 9.77. The maximum Gasteiger partial charge on any atom is 0.251 e. The van der Waals surface area contributed by atoms with Gasteiger partial charge in [-0.15, -0.1) is 12.4 Å². The number of likely N-dealkylation sites (tertiary alicyclic amines) is 1. The molecular weight excluding hydrogens is 592 g/mol. The van der Waals surface area contributed by atoms with Crippen molar-refractivity contribution in [1.82, 2.24) is 20.4 Å². The Morgan fingerprint density at radius 1 is 1.02 bits per heavy atom.